The summed E-state index contributed by atoms with van der Waals surface area (Å²) in [5, 5.41) is 9.48. The molecule has 1 N–H and O–H groups in total. The second-order valence-electron chi connectivity index (χ2n) is 11.8. The molecule has 36 heavy (non-hydrogen) atoms. The second-order valence-corrected chi connectivity index (χ2v) is 11.8. The van der Waals surface area contributed by atoms with Crippen LogP contribution in [0.25, 0.3) is 0 Å². The van der Waals surface area contributed by atoms with Gasteiger partial charge in [0.25, 0.3) is 0 Å². The number of fused-ring (bicyclic) bond motifs is 4. The lowest BCUT2D eigenvalue weighted by Gasteiger charge is -2.50. The van der Waals surface area contributed by atoms with Crippen molar-refractivity contribution in [2.45, 2.75) is 134 Å². The van der Waals surface area contributed by atoms with E-state index in [2.05, 4.69) is 34.6 Å². The lowest BCUT2D eigenvalue weighted by atomic mass is 9.54. The summed E-state index contributed by atoms with van der Waals surface area (Å²) in [4.78, 5) is 24.6. The molecule has 3 nitrogen and oxygen atoms in total. The molecule has 0 aliphatic heterocycles. The number of carbonyl (C=O) groups is 2. The molecular weight excluding hydrogens is 444 g/mol. The zero-order valence-electron chi connectivity index (χ0n) is 25.8. The average Bonchev–Trinajstić information content (AvgIpc) is 3.34. The van der Waals surface area contributed by atoms with E-state index in [9.17, 15) is 14.7 Å². The Labute approximate surface area is 224 Å². The Hall–Kier alpha value is -0.960. The minimum absolute atomic E-state index is 0.0519. The van der Waals surface area contributed by atoms with E-state index in [0.29, 0.717) is 34.4 Å². The Kier molecular flexibility index (Phi) is 12.6. The van der Waals surface area contributed by atoms with Crippen molar-refractivity contribution in [1.29, 1.82) is 0 Å². The maximum atomic E-state index is 12.4. The molecule has 0 aromatic carbocycles. The first-order chi connectivity index (χ1) is 17.2. The van der Waals surface area contributed by atoms with Gasteiger partial charge in [0.1, 0.15) is 6.61 Å². The molecule has 1 spiro atoms. The number of allylic oxidation sites excluding steroid dienone is 2. The first kappa shape index (κ1) is 33.1. The van der Waals surface area contributed by atoms with Crippen molar-refractivity contribution in [1.82, 2.24) is 0 Å². The van der Waals surface area contributed by atoms with E-state index in [0.717, 1.165) is 38.0 Å². The van der Waals surface area contributed by atoms with E-state index >= 15 is 0 Å². The van der Waals surface area contributed by atoms with Crippen LogP contribution in [0.15, 0.2) is 11.6 Å². The van der Waals surface area contributed by atoms with Crippen molar-refractivity contribution in [3.63, 3.8) is 0 Å². The highest BCUT2D eigenvalue weighted by Crippen LogP contribution is 2.81. The van der Waals surface area contributed by atoms with E-state index in [1.807, 2.05) is 47.6 Å². The number of hydrogen-bond acceptors (Lipinski definition) is 3. The highest BCUT2D eigenvalue weighted by molar-refractivity contribution is 5.92. The average molecular weight is 505 g/mol. The van der Waals surface area contributed by atoms with Crippen molar-refractivity contribution in [3.05, 3.63) is 11.6 Å². The largest absolute Gasteiger partial charge is 0.389 e. The molecule has 0 amide bonds. The smallest absolute Gasteiger partial charge is 0.161 e. The van der Waals surface area contributed by atoms with Gasteiger partial charge in [-0.1, -0.05) is 88.2 Å². The molecule has 3 heteroatoms. The molecule has 4 saturated carbocycles. The molecule has 0 heterocycles. The molecule has 4 fully saturated rings. The summed E-state index contributed by atoms with van der Waals surface area (Å²) in [7, 11) is 0. The number of rotatable bonds is 2. The quantitative estimate of drug-likeness (QED) is 0.408. The third-order valence-corrected chi connectivity index (χ3v) is 10.3. The molecule has 5 aliphatic carbocycles. The standard InChI is InChI=1S/C24H34O3.C3H8.3C2H6/c1-14-10-16-17-4-5-19(21(27)12-25)22(17,2)8-7-18(16)23(3)13-24(23)9-6-15(26)11-20(14)24;1-3-2;3*1-2/h11,14,16-19,25H,4-10,12-13H2,1-3H3;3H2,1-2H3;3*1-2H3/t14?,16?,17?,18?,19?,22?,23-,24?;;;;/m1..../s1. The molecule has 5 aliphatic rings. The summed E-state index contributed by atoms with van der Waals surface area (Å²) in [6.45, 7) is 23.2. The first-order valence-electron chi connectivity index (χ1n) is 15.6. The fraction of sp³-hybridized carbons (Fsp3) is 0.879. The van der Waals surface area contributed by atoms with Gasteiger partial charge in [0, 0.05) is 12.3 Å². The minimum Gasteiger partial charge on any atom is -0.389 e. The number of aliphatic hydroxyl groups excluding tert-OH is 1. The predicted octanol–water partition coefficient (Wildman–Crippen LogP) is 8.83. The number of hydrogen-bond donors (Lipinski definition) is 1. The van der Waals surface area contributed by atoms with Gasteiger partial charge in [-0.05, 0) is 90.9 Å². The molecule has 0 radical (unpaired) electrons. The lowest BCUT2D eigenvalue weighted by molar-refractivity contribution is -0.131. The lowest BCUT2D eigenvalue weighted by Crippen LogP contribution is -2.46. The Morgan fingerprint density at radius 1 is 0.972 bits per heavy atom. The second kappa shape index (κ2) is 13.7. The fourth-order valence-electron chi connectivity index (χ4n) is 8.93. The summed E-state index contributed by atoms with van der Waals surface area (Å²) >= 11 is 0. The van der Waals surface area contributed by atoms with Gasteiger partial charge in [0.05, 0.1) is 0 Å². The number of Topliss-reactive ketones (excluding diaryl/α,β-unsaturated/α-hetero) is 1. The first-order valence-corrected chi connectivity index (χ1v) is 15.6. The van der Waals surface area contributed by atoms with Gasteiger partial charge >= 0.3 is 0 Å². The van der Waals surface area contributed by atoms with Crippen LogP contribution in [0.4, 0.5) is 0 Å². The van der Waals surface area contributed by atoms with Crippen LogP contribution in [0.3, 0.4) is 0 Å². The topological polar surface area (TPSA) is 54.4 Å². The zero-order valence-corrected chi connectivity index (χ0v) is 25.8. The Bertz CT molecular complexity index is 754. The normalized spacial score (nSPS) is 41.1. The van der Waals surface area contributed by atoms with Crippen molar-refractivity contribution >= 4 is 11.6 Å². The van der Waals surface area contributed by atoms with E-state index in [4.69, 9.17) is 0 Å². The third kappa shape index (κ3) is 5.43. The molecule has 7 unspecified atom stereocenters. The van der Waals surface area contributed by atoms with Crippen LogP contribution in [-0.2, 0) is 9.59 Å². The van der Waals surface area contributed by atoms with Crippen molar-refractivity contribution in [3.8, 4) is 0 Å². The van der Waals surface area contributed by atoms with Crippen molar-refractivity contribution in [2.24, 2.45) is 45.8 Å². The summed E-state index contributed by atoms with van der Waals surface area (Å²) in [5.74, 6) is 2.95. The van der Waals surface area contributed by atoms with Gasteiger partial charge in [-0.15, -0.1) is 0 Å². The van der Waals surface area contributed by atoms with Gasteiger partial charge in [0.2, 0.25) is 0 Å². The van der Waals surface area contributed by atoms with Crippen LogP contribution in [-0.4, -0.2) is 23.3 Å². The van der Waals surface area contributed by atoms with Crippen molar-refractivity contribution < 1.29 is 14.7 Å². The number of aliphatic hydroxyl groups is 1. The molecule has 8 atom stereocenters. The van der Waals surface area contributed by atoms with E-state index in [1.165, 1.54) is 31.3 Å². The van der Waals surface area contributed by atoms with Gasteiger partial charge in [-0.25, -0.2) is 0 Å². The SMILES string of the molecule is CC.CC.CC.CC1CC2C3CCC(C(=O)CO)C3(C)CCC2[C@@]2(C)CC23CCC(=O)C=C13.CCC. The maximum absolute atomic E-state index is 12.4. The monoisotopic (exact) mass is 504 g/mol. The van der Waals surface area contributed by atoms with Crippen LogP contribution < -0.4 is 0 Å². The van der Waals surface area contributed by atoms with Gasteiger partial charge in [0.15, 0.2) is 11.6 Å². The molecule has 0 bridgehead atoms. The fourth-order valence-corrected chi connectivity index (χ4v) is 8.93. The Balaban J connectivity index is 0.000000647. The molecular formula is C33H60O3. The van der Waals surface area contributed by atoms with E-state index < -0.39 is 0 Å². The minimum atomic E-state index is -0.298. The number of carbonyl (C=O) groups excluding carboxylic acids is 2. The molecule has 5 rings (SSSR count). The van der Waals surface area contributed by atoms with Crippen LogP contribution in [0, 0.1) is 45.8 Å². The zero-order chi connectivity index (χ0) is 27.9. The van der Waals surface area contributed by atoms with Crippen LogP contribution in [0.1, 0.15) is 134 Å². The third-order valence-electron chi connectivity index (χ3n) is 10.3. The predicted molar refractivity (Wildman–Crippen MR) is 154 cm³/mol. The van der Waals surface area contributed by atoms with Crippen LogP contribution in [0.2, 0.25) is 0 Å². The highest BCUT2D eigenvalue weighted by atomic mass is 16.3. The summed E-state index contributed by atoms with van der Waals surface area (Å²) in [6, 6.07) is 0. The van der Waals surface area contributed by atoms with Gasteiger partial charge in [-0.3, -0.25) is 9.59 Å². The summed E-state index contributed by atoms with van der Waals surface area (Å²) in [5.41, 5.74) is 2.19. The summed E-state index contributed by atoms with van der Waals surface area (Å²) < 4.78 is 0. The Morgan fingerprint density at radius 3 is 2.11 bits per heavy atom. The van der Waals surface area contributed by atoms with E-state index in [1.54, 1.807) is 0 Å². The van der Waals surface area contributed by atoms with Gasteiger partial charge in [-0.2, -0.15) is 0 Å². The Morgan fingerprint density at radius 2 is 1.56 bits per heavy atom. The van der Waals surface area contributed by atoms with E-state index in [-0.39, 0.29) is 23.7 Å². The maximum Gasteiger partial charge on any atom is 0.161 e. The molecule has 0 aromatic heterocycles. The van der Waals surface area contributed by atoms with Crippen LogP contribution in [0.5, 0.6) is 0 Å². The van der Waals surface area contributed by atoms with Crippen LogP contribution >= 0.6 is 0 Å². The number of ketones is 2. The molecule has 0 aromatic rings. The molecule has 0 saturated heterocycles. The van der Waals surface area contributed by atoms with Crippen molar-refractivity contribution in [2.75, 3.05) is 6.61 Å². The highest BCUT2D eigenvalue weighted by Gasteiger charge is 2.73. The molecule has 210 valence electrons. The van der Waals surface area contributed by atoms with Gasteiger partial charge < -0.3 is 5.11 Å². The summed E-state index contributed by atoms with van der Waals surface area (Å²) in [6.07, 6.45) is 12.0.